The van der Waals surface area contributed by atoms with Gasteiger partial charge in [0.2, 0.25) is 11.8 Å². The molecule has 0 unspecified atom stereocenters. The molecule has 6 rings (SSSR count). The van der Waals surface area contributed by atoms with Crippen molar-refractivity contribution in [3.63, 3.8) is 0 Å². The van der Waals surface area contributed by atoms with Gasteiger partial charge in [-0.05, 0) is 83.1 Å². The van der Waals surface area contributed by atoms with Crippen molar-refractivity contribution >= 4 is 56.6 Å². The molecule has 1 N–H and O–H groups in total. The number of amides is 2. The van der Waals surface area contributed by atoms with E-state index >= 15 is 0 Å². The second kappa shape index (κ2) is 8.64. The van der Waals surface area contributed by atoms with E-state index in [1.807, 2.05) is 12.1 Å². The Morgan fingerprint density at radius 2 is 1.73 bits per heavy atom. The molecule has 1 fully saturated rings. The molecule has 4 atom stereocenters. The molecule has 0 bridgehead atoms. The van der Waals surface area contributed by atoms with Crippen molar-refractivity contribution in [3.8, 4) is 5.75 Å². The van der Waals surface area contributed by atoms with E-state index in [0.29, 0.717) is 33.8 Å². The first-order valence-electron chi connectivity index (χ1n) is 12.0. The highest BCUT2D eigenvalue weighted by Gasteiger charge is 2.56. The molecule has 1 heterocycles. The molecule has 6 nitrogen and oxygen atoms in total. The van der Waals surface area contributed by atoms with Crippen molar-refractivity contribution in [3.05, 3.63) is 92.0 Å². The fraction of sp³-hybridized carbons (Fsp3) is 0.241. The highest BCUT2D eigenvalue weighted by Crippen LogP contribution is 2.55. The fourth-order valence-corrected chi connectivity index (χ4v) is 6.86. The van der Waals surface area contributed by atoms with Crippen molar-refractivity contribution < 1.29 is 24.3 Å². The van der Waals surface area contributed by atoms with E-state index in [9.17, 15) is 24.3 Å². The molecule has 1 saturated heterocycles. The molecular weight excluding hydrogens is 558 g/mol. The van der Waals surface area contributed by atoms with Crippen LogP contribution in [0.15, 0.2) is 75.8 Å². The smallest absolute Gasteiger partial charge is 0.238 e. The number of phenolic OH excluding ortho intramolecular Hbond substituents is 1. The molecule has 8 heteroatoms. The number of phenols is 1. The number of imide groups is 1. The van der Waals surface area contributed by atoms with Crippen molar-refractivity contribution in [2.24, 2.45) is 17.8 Å². The molecule has 1 aliphatic heterocycles. The third kappa shape index (κ3) is 3.59. The van der Waals surface area contributed by atoms with Crippen LogP contribution in [0.25, 0.3) is 0 Å². The Hall–Kier alpha value is -3.29. The molecule has 2 amide bonds. The van der Waals surface area contributed by atoms with E-state index < -0.39 is 23.7 Å². The highest BCUT2D eigenvalue weighted by atomic mass is 79.9. The molecule has 0 aromatic heterocycles. The number of benzene rings is 2. The van der Waals surface area contributed by atoms with Crippen LogP contribution in [0.1, 0.15) is 29.9 Å². The minimum atomic E-state index is -0.648. The lowest BCUT2D eigenvalue weighted by Crippen LogP contribution is -2.39. The van der Waals surface area contributed by atoms with Crippen molar-refractivity contribution in [2.75, 3.05) is 4.90 Å². The number of carbonyl (C=O) groups is 4. The quantitative estimate of drug-likeness (QED) is 0.296. The van der Waals surface area contributed by atoms with Gasteiger partial charge >= 0.3 is 0 Å². The summed E-state index contributed by atoms with van der Waals surface area (Å²) in [5.41, 5.74) is 3.52. The number of Topliss-reactive ketones (excluding diaryl/α,β-unsaturated/α-hetero) is 1. The first kappa shape index (κ1) is 24.1. The fourth-order valence-electron chi connectivity index (χ4n) is 6.29. The van der Waals surface area contributed by atoms with Crippen LogP contribution >= 0.6 is 27.5 Å². The van der Waals surface area contributed by atoms with E-state index in [4.69, 9.17) is 11.6 Å². The lowest BCUT2D eigenvalue weighted by atomic mass is 9.59. The van der Waals surface area contributed by atoms with Crippen LogP contribution in [-0.4, -0.2) is 28.5 Å². The lowest BCUT2D eigenvalue weighted by molar-refractivity contribution is -0.123. The average molecular weight is 579 g/mol. The van der Waals surface area contributed by atoms with Crippen LogP contribution < -0.4 is 4.90 Å². The molecule has 2 aromatic carbocycles. The van der Waals surface area contributed by atoms with E-state index in [1.54, 1.807) is 43.3 Å². The molecule has 37 heavy (non-hydrogen) atoms. The van der Waals surface area contributed by atoms with Gasteiger partial charge in [-0.3, -0.25) is 24.1 Å². The van der Waals surface area contributed by atoms with Gasteiger partial charge in [0.05, 0.1) is 22.0 Å². The maximum Gasteiger partial charge on any atom is 0.238 e. The second-order valence-electron chi connectivity index (χ2n) is 9.93. The van der Waals surface area contributed by atoms with Crippen LogP contribution in [0.4, 0.5) is 5.69 Å². The summed E-state index contributed by atoms with van der Waals surface area (Å²) in [4.78, 5) is 55.1. The summed E-state index contributed by atoms with van der Waals surface area (Å²) in [6.07, 6.45) is 3.85. The number of carbonyl (C=O) groups excluding carboxylic acids is 4. The van der Waals surface area contributed by atoms with Gasteiger partial charge in [-0.25, -0.2) is 0 Å². The molecule has 3 aliphatic carbocycles. The molecule has 4 aliphatic rings. The summed E-state index contributed by atoms with van der Waals surface area (Å²) in [7, 11) is 0. The summed E-state index contributed by atoms with van der Waals surface area (Å²) in [5.74, 6) is -3.13. The van der Waals surface area contributed by atoms with Gasteiger partial charge in [-0.1, -0.05) is 35.4 Å². The zero-order valence-corrected chi connectivity index (χ0v) is 22.0. The Morgan fingerprint density at radius 3 is 2.43 bits per heavy atom. The van der Waals surface area contributed by atoms with Crippen LogP contribution in [0.5, 0.6) is 5.75 Å². The molecule has 0 saturated carbocycles. The van der Waals surface area contributed by atoms with E-state index in [1.165, 1.54) is 11.0 Å². The number of halogens is 2. The van der Waals surface area contributed by atoms with Gasteiger partial charge < -0.3 is 5.11 Å². The van der Waals surface area contributed by atoms with Crippen molar-refractivity contribution in [1.82, 2.24) is 0 Å². The standard InChI is InChI=1S/C29H21BrClNO5/c1-13-10-14(2-9-22(13)33)24-17-7-8-18-25(19(17)11-20-26(24)23(34)12-21(30)27(20)35)29(37)32(28(18)36)16-5-3-15(31)4-6-16/h2-7,9-10,12,18-19,24-25,33H,8,11H2,1H3/t18-,19+,24-,25-/m0/s1. The molecular formula is C29H21BrClNO5. The SMILES string of the molecule is Cc1cc([C@H]2C3=CC[C@@H]4C(=O)N(c5ccc(Cl)cc5)C(=O)[C@@H]4[C@@H]3CC3=C2C(=O)C=C(Br)C3=O)ccc1O. The third-order valence-electron chi connectivity index (χ3n) is 7.97. The molecule has 186 valence electrons. The maximum absolute atomic E-state index is 13.8. The molecule has 0 spiro atoms. The Kier molecular flexibility index (Phi) is 5.62. The second-order valence-corrected chi connectivity index (χ2v) is 11.2. The van der Waals surface area contributed by atoms with Gasteiger partial charge in [0.15, 0.2) is 11.6 Å². The van der Waals surface area contributed by atoms with Crippen LogP contribution in [0.3, 0.4) is 0 Å². The number of anilines is 1. The van der Waals surface area contributed by atoms with E-state index in [0.717, 1.165) is 11.1 Å². The summed E-state index contributed by atoms with van der Waals surface area (Å²) >= 11 is 9.25. The highest BCUT2D eigenvalue weighted by molar-refractivity contribution is 9.12. The third-order valence-corrected chi connectivity index (χ3v) is 8.81. The van der Waals surface area contributed by atoms with Gasteiger partial charge in [0, 0.05) is 28.2 Å². The van der Waals surface area contributed by atoms with Gasteiger partial charge in [-0.15, -0.1) is 0 Å². The topological polar surface area (TPSA) is 91.8 Å². The van der Waals surface area contributed by atoms with E-state index in [-0.39, 0.29) is 40.0 Å². The van der Waals surface area contributed by atoms with Gasteiger partial charge in [0.1, 0.15) is 5.75 Å². The summed E-state index contributed by atoms with van der Waals surface area (Å²) in [6, 6.07) is 11.7. The number of hydrogen-bond acceptors (Lipinski definition) is 5. The first-order valence-corrected chi connectivity index (χ1v) is 13.2. The summed E-state index contributed by atoms with van der Waals surface area (Å²) in [5, 5.41) is 10.6. The zero-order chi connectivity index (χ0) is 26.2. The number of hydrogen-bond donors (Lipinski definition) is 1. The van der Waals surface area contributed by atoms with E-state index in [2.05, 4.69) is 15.9 Å². The monoisotopic (exact) mass is 577 g/mol. The number of nitrogens with zero attached hydrogens (tertiary/aromatic N) is 1. The minimum Gasteiger partial charge on any atom is -0.508 e. The number of rotatable bonds is 2. The predicted molar refractivity (Wildman–Crippen MR) is 141 cm³/mol. The zero-order valence-electron chi connectivity index (χ0n) is 19.7. The average Bonchev–Trinajstić information content (AvgIpc) is 3.13. The van der Waals surface area contributed by atoms with Crippen LogP contribution in [0.2, 0.25) is 5.02 Å². The van der Waals surface area contributed by atoms with Crippen LogP contribution in [-0.2, 0) is 19.2 Å². The normalized spacial score (nSPS) is 27.1. The maximum atomic E-state index is 13.8. The minimum absolute atomic E-state index is 0.131. The largest absolute Gasteiger partial charge is 0.508 e. The van der Waals surface area contributed by atoms with Gasteiger partial charge in [0.25, 0.3) is 0 Å². The van der Waals surface area contributed by atoms with Crippen molar-refractivity contribution in [2.45, 2.75) is 25.7 Å². The van der Waals surface area contributed by atoms with Crippen molar-refractivity contribution in [1.29, 1.82) is 0 Å². The predicted octanol–water partition coefficient (Wildman–Crippen LogP) is 5.32. The summed E-state index contributed by atoms with van der Waals surface area (Å²) in [6.45, 7) is 1.77. The Labute approximate surface area is 226 Å². The number of allylic oxidation sites excluding steroid dienone is 6. The lowest BCUT2D eigenvalue weighted by Gasteiger charge is -2.42. The Bertz CT molecular complexity index is 1520. The molecule has 2 aromatic rings. The van der Waals surface area contributed by atoms with Gasteiger partial charge in [-0.2, -0.15) is 0 Å². The Balaban J connectivity index is 1.49. The first-order chi connectivity index (χ1) is 17.7. The number of aromatic hydroxyl groups is 1. The number of fused-ring (bicyclic) bond motifs is 3. The number of ketones is 2. The number of aryl methyl sites for hydroxylation is 1. The summed E-state index contributed by atoms with van der Waals surface area (Å²) < 4.78 is 0.188. The Morgan fingerprint density at radius 1 is 1.00 bits per heavy atom. The molecule has 0 radical (unpaired) electrons. The van der Waals surface area contributed by atoms with Crippen LogP contribution in [0, 0.1) is 24.7 Å².